The van der Waals surface area contributed by atoms with E-state index in [4.69, 9.17) is 5.73 Å². The molecule has 0 aromatic carbocycles. The first-order valence-corrected chi connectivity index (χ1v) is 3.95. The molecule has 2 N–H and O–H groups in total. The van der Waals surface area contributed by atoms with Crippen LogP contribution in [0, 0.1) is 0 Å². The molecule has 0 bridgehead atoms. The molecule has 11 heavy (non-hydrogen) atoms. The van der Waals surface area contributed by atoms with E-state index in [0.717, 1.165) is 6.42 Å². The van der Waals surface area contributed by atoms with Gasteiger partial charge in [-0.3, -0.25) is 0 Å². The Morgan fingerprint density at radius 3 is 2.91 bits per heavy atom. The van der Waals surface area contributed by atoms with Gasteiger partial charge in [0.2, 0.25) is 0 Å². The second-order valence-electron chi connectivity index (χ2n) is 2.82. The van der Waals surface area contributed by atoms with Crippen molar-refractivity contribution in [3.05, 3.63) is 23.9 Å². The van der Waals surface area contributed by atoms with Crippen molar-refractivity contribution in [1.29, 1.82) is 0 Å². The van der Waals surface area contributed by atoms with E-state index < -0.39 is 0 Å². The van der Waals surface area contributed by atoms with Crippen molar-refractivity contribution in [2.24, 2.45) is 0 Å². The van der Waals surface area contributed by atoms with E-state index in [-0.39, 0.29) is 0 Å². The fourth-order valence-corrected chi connectivity index (χ4v) is 1.01. The van der Waals surface area contributed by atoms with Crippen LogP contribution in [0.4, 0.5) is 5.82 Å². The van der Waals surface area contributed by atoms with Crippen molar-refractivity contribution in [3.8, 4) is 0 Å². The van der Waals surface area contributed by atoms with Crippen molar-refractivity contribution >= 4 is 5.82 Å². The van der Waals surface area contributed by atoms with Crippen LogP contribution in [0.3, 0.4) is 0 Å². The lowest BCUT2D eigenvalue weighted by molar-refractivity contribution is 0.732. The van der Waals surface area contributed by atoms with Crippen LogP contribution in [0.15, 0.2) is 18.3 Å². The zero-order valence-electron chi connectivity index (χ0n) is 7.04. The van der Waals surface area contributed by atoms with Gasteiger partial charge >= 0.3 is 0 Å². The summed E-state index contributed by atoms with van der Waals surface area (Å²) in [5, 5.41) is 0. The minimum absolute atomic E-state index is 0.584. The third-order valence-electron chi connectivity index (χ3n) is 1.99. The molecule has 2 nitrogen and oxygen atoms in total. The van der Waals surface area contributed by atoms with Gasteiger partial charge in [-0.2, -0.15) is 0 Å². The summed E-state index contributed by atoms with van der Waals surface area (Å²) < 4.78 is 0. The summed E-state index contributed by atoms with van der Waals surface area (Å²) >= 11 is 0. The molecule has 0 amide bonds. The van der Waals surface area contributed by atoms with Gasteiger partial charge < -0.3 is 5.73 Å². The van der Waals surface area contributed by atoms with Crippen molar-refractivity contribution in [3.63, 3.8) is 0 Å². The summed E-state index contributed by atoms with van der Waals surface area (Å²) in [5.74, 6) is 1.20. The third-order valence-corrected chi connectivity index (χ3v) is 1.99. The van der Waals surface area contributed by atoms with Gasteiger partial charge in [0.1, 0.15) is 5.82 Å². The Hall–Kier alpha value is -1.05. The molecule has 0 radical (unpaired) electrons. The van der Waals surface area contributed by atoms with Crippen LogP contribution < -0.4 is 5.73 Å². The third kappa shape index (κ3) is 1.93. The average Bonchev–Trinajstić information content (AvgIpc) is 2.03. The lowest BCUT2D eigenvalue weighted by Crippen LogP contribution is -1.95. The van der Waals surface area contributed by atoms with Crippen LogP contribution in [0.25, 0.3) is 0 Å². The molecule has 0 aliphatic heterocycles. The lowest BCUT2D eigenvalue weighted by atomic mass is 10.00. The average molecular weight is 150 g/mol. The monoisotopic (exact) mass is 150 g/mol. The summed E-state index contributed by atoms with van der Waals surface area (Å²) in [7, 11) is 0. The Morgan fingerprint density at radius 2 is 2.36 bits per heavy atom. The molecule has 0 aliphatic carbocycles. The molecule has 1 atom stereocenters. The standard InChI is InChI=1S/C9H14N2/c1-3-7(2)8-4-5-11-9(10)6-8/h4-7H,3H2,1-2H3,(H2,10,11). The van der Waals surface area contributed by atoms with Crippen LogP contribution in [-0.4, -0.2) is 4.98 Å². The highest BCUT2D eigenvalue weighted by atomic mass is 14.8. The van der Waals surface area contributed by atoms with E-state index in [1.807, 2.05) is 12.1 Å². The Kier molecular flexibility index (Phi) is 2.47. The molecular weight excluding hydrogens is 136 g/mol. The van der Waals surface area contributed by atoms with Crippen LogP contribution in [-0.2, 0) is 0 Å². The predicted molar refractivity (Wildman–Crippen MR) is 47.4 cm³/mol. The van der Waals surface area contributed by atoms with Gasteiger partial charge in [0.05, 0.1) is 0 Å². The molecule has 1 unspecified atom stereocenters. The number of aromatic nitrogens is 1. The summed E-state index contributed by atoms with van der Waals surface area (Å²) in [6.45, 7) is 4.36. The topological polar surface area (TPSA) is 38.9 Å². The van der Waals surface area contributed by atoms with Gasteiger partial charge in [-0.25, -0.2) is 4.98 Å². The normalized spacial score (nSPS) is 12.9. The number of nitrogen functional groups attached to an aromatic ring is 1. The smallest absolute Gasteiger partial charge is 0.123 e. The van der Waals surface area contributed by atoms with Crippen LogP contribution in [0.5, 0.6) is 0 Å². The van der Waals surface area contributed by atoms with Crippen molar-refractivity contribution in [1.82, 2.24) is 4.98 Å². The maximum atomic E-state index is 5.54. The highest BCUT2D eigenvalue weighted by Crippen LogP contribution is 2.18. The predicted octanol–water partition coefficient (Wildman–Crippen LogP) is 2.18. The number of hydrogen-bond donors (Lipinski definition) is 1. The number of nitrogens with two attached hydrogens (primary N) is 1. The molecule has 60 valence electrons. The highest BCUT2D eigenvalue weighted by molar-refractivity contribution is 5.33. The fourth-order valence-electron chi connectivity index (χ4n) is 1.01. The SMILES string of the molecule is CCC(C)c1ccnc(N)c1. The molecule has 1 aromatic heterocycles. The van der Waals surface area contributed by atoms with Crippen molar-refractivity contribution in [2.75, 3.05) is 5.73 Å². The minimum Gasteiger partial charge on any atom is -0.384 e. The van der Waals surface area contributed by atoms with E-state index in [1.165, 1.54) is 5.56 Å². The van der Waals surface area contributed by atoms with Crippen LogP contribution in [0.2, 0.25) is 0 Å². The van der Waals surface area contributed by atoms with E-state index >= 15 is 0 Å². The zero-order chi connectivity index (χ0) is 8.27. The lowest BCUT2D eigenvalue weighted by Gasteiger charge is -2.07. The van der Waals surface area contributed by atoms with Gasteiger partial charge in [-0.15, -0.1) is 0 Å². The van der Waals surface area contributed by atoms with E-state index in [2.05, 4.69) is 18.8 Å². The molecule has 1 aromatic rings. The Bertz CT molecular complexity index is 233. The van der Waals surface area contributed by atoms with E-state index in [9.17, 15) is 0 Å². The highest BCUT2D eigenvalue weighted by Gasteiger charge is 2.01. The van der Waals surface area contributed by atoms with Gasteiger partial charge in [-0.1, -0.05) is 13.8 Å². The Balaban J connectivity index is 2.86. The molecule has 0 saturated heterocycles. The molecule has 0 saturated carbocycles. The molecule has 0 aliphatic rings. The zero-order valence-corrected chi connectivity index (χ0v) is 7.04. The number of nitrogens with zero attached hydrogens (tertiary/aromatic N) is 1. The fraction of sp³-hybridized carbons (Fsp3) is 0.444. The summed E-state index contributed by atoms with van der Waals surface area (Å²) in [5.41, 5.74) is 6.82. The maximum absolute atomic E-state index is 5.54. The van der Waals surface area contributed by atoms with E-state index in [0.29, 0.717) is 11.7 Å². The molecule has 1 heterocycles. The minimum atomic E-state index is 0.584. The largest absolute Gasteiger partial charge is 0.384 e. The van der Waals surface area contributed by atoms with Crippen LogP contribution in [0.1, 0.15) is 31.7 Å². The molecular formula is C9H14N2. The molecule has 1 rings (SSSR count). The number of pyridine rings is 1. The van der Waals surface area contributed by atoms with E-state index in [1.54, 1.807) is 6.20 Å². The number of hydrogen-bond acceptors (Lipinski definition) is 2. The summed E-state index contributed by atoms with van der Waals surface area (Å²) in [6, 6.07) is 3.96. The van der Waals surface area contributed by atoms with Crippen molar-refractivity contribution < 1.29 is 0 Å². The first-order valence-electron chi connectivity index (χ1n) is 3.95. The van der Waals surface area contributed by atoms with Crippen molar-refractivity contribution in [2.45, 2.75) is 26.2 Å². The van der Waals surface area contributed by atoms with Gasteiger partial charge in [-0.05, 0) is 30.0 Å². The first kappa shape index (κ1) is 8.05. The second kappa shape index (κ2) is 3.37. The summed E-state index contributed by atoms with van der Waals surface area (Å²) in [6.07, 6.45) is 2.90. The van der Waals surface area contributed by atoms with Gasteiger partial charge in [0.25, 0.3) is 0 Å². The molecule has 2 heteroatoms. The molecule has 0 fully saturated rings. The number of anilines is 1. The number of rotatable bonds is 2. The first-order chi connectivity index (χ1) is 5.24. The Labute approximate surface area is 67.5 Å². The Morgan fingerprint density at radius 1 is 1.64 bits per heavy atom. The quantitative estimate of drug-likeness (QED) is 0.701. The summed E-state index contributed by atoms with van der Waals surface area (Å²) in [4.78, 5) is 3.93. The second-order valence-corrected chi connectivity index (χ2v) is 2.82. The maximum Gasteiger partial charge on any atom is 0.123 e. The molecule has 0 spiro atoms. The van der Waals surface area contributed by atoms with Gasteiger partial charge in [0.15, 0.2) is 0 Å². The van der Waals surface area contributed by atoms with Crippen LogP contribution >= 0.6 is 0 Å². The van der Waals surface area contributed by atoms with Gasteiger partial charge in [0, 0.05) is 6.20 Å².